The molecule has 2 aromatic heterocycles. The summed E-state index contributed by atoms with van der Waals surface area (Å²) >= 11 is 0. The average Bonchev–Trinajstić information content (AvgIpc) is 2.96. The van der Waals surface area contributed by atoms with Crippen molar-refractivity contribution in [3.05, 3.63) is 53.1 Å². The molecule has 1 aromatic carbocycles. The maximum absolute atomic E-state index is 12.0. The first kappa shape index (κ1) is 15.7. The van der Waals surface area contributed by atoms with Crippen LogP contribution in [0.2, 0.25) is 0 Å². The summed E-state index contributed by atoms with van der Waals surface area (Å²) in [6, 6.07) is 10.8. The van der Waals surface area contributed by atoms with E-state index < -0.39 is 0 Å². The molecule has 0 unspecified atom stereocenters. The summed E-state index contributed by atoms with van der Waals surface area (Å²) in [5, 5.41) is 9.39. The number of oxazole rings is 1. The van der Waals surface area contributed by atoms with Gasteiger partial charge in [0, 0.05) is 51.2 Å². The van der Waals surface area contributed by atoms with Crippen LogP contribution in [0.5, 0.6) is 5.75 Å². The third-order valence-corrected chi connectivity index (χ3v) is 4.65. The predicted octanol–water partition coefficient (Wildman–Crippen LogP) is 1.52. The number of hydrogen-bond acceptors (Lipinski definition) is 6. The average molecular weight is 340 g/mol. The van der Waals surface area contributed by atoms with E-state index in [0.29, 0.717) is 17.8 Å². The molecule has 3 heterocycles. The number of hydrogen-bond donors (Lipinski definition) is 1. The Morgan fingerprint density at radius 2 is 1.80 bits per heavy atom. The molecule has 1 saturated heterocycles. The first-order valence-electron chi connectivity index (χ1n) is 8.41. The largest absolute Gasteiger partial charge is 0.508 e. The molecule has 0 saturated carbocycles. The van der Waals surface area contributed by atoms with Crippen molar-refractivity contribution in [1.82, 2.24) is 14.5 Å². The monoisotopic (exact) mass is 340 g/mol. The summed E-state index contributed by atoms with van der Waals surface area (Å²) in [5.41, 5.74) is 2.26. The Kier molecular flexibility index (Phi) is 4.15. The van der Waals surface area contributed by atoms with Crippen molar-refractivity contribution in [2.75, 3.05) is 37.6 Å². The zero-order valence-corrected chi connectivity index (χ0v) is 13.8. The molecule has 130 valence electrons. The number of phenols is 1. The molecular weight excluding hydrogens is 320 g/mol. The molecule has 4 rings (SSSR count). The number of rotatable bonds is 4. The molecule has 1 N–H and O–H groups in total. The lowest BCUT2D eigenvalue weighted by atomic mass is 10.2. The van der Waals surface area contributed by atoms with Gasteiger partial charge in [0.25, 0.3) is 0 Å². The summed E-state index contributed by atoms with van der Waals surface area (Å²) < 4.78 is 6.82. The van der Waals surface area contributed by atoms with Crippen LogP contribution in [0.15, 0.2) is 51.8 Å². The van der Waals surface area contributed by atoms with E-state index in [1.165, 1.54) is 0 Å². The zero-order valence-electron chi connectivity index (χ0n) is 13.8. The number of aromatic hydroxyl groups is 1. The van der Waals surface area contributed by atoms with Crippen molar-refractivity contribution in [3.63, 3.8) is 0 Å². The Bertz CT molecular complexity index is 908. The van der Waals surface area contributed by atoms with E-state index >= 15 is 0 Å². The van der Waals surface area contributed by atoms with Gasteiger partial charge in [-0.05, 0) is 36.4 Å². The number of fused-ring (bicyclic) bond motifs is 1. The molecule has 0 spiro atoms. The van der Waals surface area contributed by atoms with E-state index in [4.69, 9.17) is 4.42 Å². The van der Waals surface area contributed by atoms with Gasteiger partial charge in [-0.25, -0.2) is 9.78 Å². The SMILES string of the molecule is O=c1oc2cccnc2n1CCN1CCN(c2ccc(O)cc2)CC1. The molecule has 0 bridgehead atoms. The molecule has 0 radical (unpaired) electrons. The molecule has 7 heteroatoms. The summed E-state index contributed by atoms with van der Waals surface area (Å²) in [5.74, 6) is -0.0646. The molecule has 0 atom stereocenters. The highest BCUT2D eigenvalue weighted by Crippen LogP contribution is 2.19. The number of pyridine rings is 1. The van der Waals surface area contributed by atoms with Crippen LogP contribution in [0.3, 0.4) is 0 Å². The molecule has 7 nitrogen and oxygen atoms in total. The van der Waals surface area contributed by atoms with E-state index in [-0.39, 0.29) is 11.5 Å². The van der Waals surface area contributed by atoms with Crippen LogP contribution < -0.4 is 10.7 Å². The van der Waals surface area contributed by atoms with E-state index in [9.17, 15) is 9.90 Å². The van der Waals surface area contributed by atoms with Crippen molar-refractivity contribution in [2.24, 2.45) is 0 Å². The third kappa shape index (κ3) is 3.23. The first-order chi connectivity index (χ1) is 12.2. The van der Waals surface area contributed by atoms with Crippen LogP contribution >= 0.6 is 0 Å². The second-order valence-corrected chi connectivity index (χ2v) is 6.19. The Morgan fingerprint density at radius 1 is 1.04 bits per heavy atom. The predicted molar refractivity (Wildman–Crippen MR) is 95.0 cm³/mol. The summed E-state index contributed by atoms with van der Waals surface area (Å²) in [4.78, 5) is 20.9. The van der Waals surface area contributed by atoms with Gasteiger partial charge in [0.2, 0.25) is 0 Å². The molecular formula is C18H20N4O3. The van der Waals surface area contributed by atoms with Gasteiger partial charge in [-0.2, -0.15) is 0 Å². The minimum atomic E-state index is -0.351. The third-order valence-electron chi connectivity index (χ3n) is 4.65. The van der Waals surface area contributed by atoms with E-state index in [1.807, 2.05) is 12.1 Å². The lowest BCUT2D eigenvalue weighted by molar-refractivity contribution is 0.246. The fraction of sp³-hybridized carbons (Fsp3) is 0.333. The maximum Gasteiger partial charge on any atom is 0.421 e. The second-order valence-electron chi connectivity index (χ2n) is 6.19. The molecule has 3 aromatic rings. The highest BCUT2D eigenvalue weighted by Gasteiger charge is 2.18. The quantitative estimate of drug-likeness (QED) is 0.776. The summed E-state index contributed by atoms with van der Waals surface area (Å²) in [6.07, 6.45) is 1.67. The Morgan fingerprint density at radius 3 is 2.56 bits per heavy atom. The number of benzene rings is 1. The van der Waals surface area contributed by atoms with Crippen molar-refractivity contribution in [2.45, 2.75) is 6.54 Å². The molecule has 25 heavy (non-hydrogen) atoms. The van der Waals surface area contributed by atoms with Crippen LogP contribution in [0.1, 0.15) is 0 Å². The van der Waals surface area contributed by atoms with E-state index in [0.717, 1.165) is 38.4 Å². The number of nitrogens with zero attached hydrogens (tertiary/aromatic N) is 4. The second kappa shape index (κ2) is 6.60. The van der Waals surface area contributed by atoms with Gasteiger partial charge in [-0.3, -0.25) is 9.47 Å². The molecule has 1 aliphatic rings. The maximum atomic E-state index is 12.0. The number of piperazine rings is 1. The van der Waals surface area contributed by atoms with Crippen molar-refractivity contribution >= 4 is 16.9 Å². The molecule has 1 aliphatic heterocycles. The molecule has 0 amide bonds. The van der Waals surface area contributed by atoms with E-state index in [2.05, 4.69) is 14.8 Å². The lowest BCUT2D eigenvalue weighted by Gasteiger charge is -2.36. The fourth-order valence-electron chi connectivity index (χ4n) is 3.23. The minimum Gasteiger partial charge on any atom is -0.508 e. The van der Waals surface area contributed by atoms with Crippen LogP contribution in [-0.2, 0) is 6.54 Å². The molecule has 1 fully saturated rings. The topological polar surface area (TPSA) is 74.7 Å². The zero-order chi connectivity index (χ0) is 17.2. The van der Waals surface area contributed by atoms with Crippen molar-refractivity contribution < 1.29 is 9.52 Å². The van der Waals surface area contributed by atoms with Crippen LogP contribution in [0.4, 0.5) is 5.69 Å². The Labute approximate surface area is 144 Å². The normalized spacial score (nSPS) is 15.8. The highest BCUT2D eigenvalue weighted by molar-refractivity contribution is 5.67. The van der Waals surface area contributed by atoms with Gasteiger partial charge in [0.1, 0.15) is 5.75 Å². The van der Waals surface area contributed by atoms with Gasteiger partial charge in [-0.15, -0.1) is 0 Å². The Hall–Kier alpha value is -2.80. The minimum absolute atomic E-state index is 0.286. The van der Waals surface area contributed by atoms with Gasteiger partial charge < -0.3 is 14.4 Å². The van der Waals surface area contributed by atoms with Gasteiger partial charge in [-0.1, -0.05) is 0 Å². The molecule has 0 aliphatic carbocycles. The highest BCUT2D eigenvalue weighted by atomic mass is 16.4. The fourth-order valence-corrected chi connectivity index (χ4v) is 3.23. The first-order valence-corrected chi connectivity index (χ1v) is 8.41. The lowest BCUT2D eigenvalue weighted by Crippen LogP contribution is -2.47. The van der Waals surface area contributed by atoms with Gasteiger partial charge >= 0.3 is 5.76 Å². The number of aromatic nitrogens is 2. The van der Waals surface area contributed by atoms with Gasteiger partial charge in [0.05, 0.1) is 0 Å². The number of anilines is 1. The summed E-state index contributed by atoms with van der Waals surface area (Å²) in [6.45, 7) is 5.06. The van der Waals surface area contributed by atoms with E-state index in [1.54, 1.807) is 35.0 Å². The van der Waals surface area contributed by atoms with Crippen LogP contribution in [-0.4, -0.2) is 52.3 Å². The van der Waals surface area contributed by atoms with Gasteiger partial charge in [0.15, 0.2) is 11.2 Å². The Balaban J connectivity index is 1.36. The smallest absolute Gasteiger partial charge is 0.421 e. The standard InChI is InChI=1S/C18H20N4O3/c23-15-5-3-14(4-6-15)21-11-8-20(9-12-21)10-13-22-17-16(25-18(22)24)2-1-7-19-17/h1-7,23H,8-13H2. The van der Waals surface area contributed by atoms with Crippen LogP contribution in [0.25, 0.3) is 11.2 Å². The summed E-state index contributed by atoms with van der Waals surface area (Å²) in [7, 11) is 0. The van der Waals surface area contributed by atoms with Crippen LogP contribution in [0, 0.1) is 0 Å². The van der Waals surface area contributed by atoms with Crippen molar-refractivity contribution in [1.29, 1.82) is 0 Å². The van der Waals surface area contributed by atoms with Crippen molar-refractivity contribution in [3.8, 4) is 5.75 Å². The number of phenolic OH excluding ortho intramolecular Hbond substituents is 1.